The highest BCUT2D eigenvalue weighted by atomic mass is 16.2. The summed E-state index contributed by atoms with van der Waals surface area (Å²) >= 11 is 0. The summed E-state index contributed by atoms with van der Waals surface area (Å²) in [6.07, 6.45) is 6.33. The van der Waals surface area contributed by atoms with Crippen LogP contribution in [0.1, 0.15) is 52.4 Å². The highest BCUT2D eigenvalue weighted by molar-refractivity contribution is 5.76. The number of urea groups is 1. The largest absolute Gasteiger partial charge is 0.369 e. The first kappa shape index (κ1) is 17.8. The molecule has 0 aromatic carbocycles. The summed E-state index contributed by atoms with van der Waals surface area (Å²) in [6.45, 7) is 6.15. The van der Waals surface area contributed by atoms with Gasteiger partial charge >= 0.3 is 6.03 Å². The van der Waals surface area contributed by atoms with Gasteiger partial charge in [-0.25, -0.2) is 4.79 Å². The molecule has 0 unspecified atom stereocenters. The average molecular weight is 298 g/mol. The standard InChI is InChI=1S/C15H30N4O2/c1-3-4-5-6-12(2)17-15(21)18-13-7-9-19(10-8-13)11-14(16)20/h12-13H,3-11H2,1-2H3,(H2,16,20)(H2,17,18,21)/t12-/m0/s1. The molecule has 0 saturated carbocycles. The molecule has 0 radical (unpaired) electrons. The van der Waals surface area contributed by atoms with Crippen LogP contribution in [0.5, 0.6) is 0 Å². The maximum Gasteiger partial charge on any atom is 0.315 e. The Morgan fingerprint density at radius 1 is 1.29 bits per heavy atom. The van der Waals surface area contributed by atoms with E-state index in [9.17, 15) is 9.59 Å². The molecular formula is C15H30N4O2. The number of carbonyl (C=O) groups excluding carboxylic acids is 2. The Hall–Kier alpha value is -1.30. The molecular weight excluding hydrogens is 268 g/mol. The summed E-state index contributed by atoms with van der Waals surface area (Å²) in [5.41, 5.74) is 5.18. The van der Waals surface area contributed by atoms with Crippen LogP contribution in [-0.2, 0) is 4.79 Å². The molecule has 0 bridgehead atoms. The van der Waals surface area contributed by atoms with E-state index in [1.54, 1.807) is 0 Å². The smallest absolute Gasteiger partial charge is 0.315 e. The summed E-state index contributed by atoms with van der Waals surface area (Å²) in [4.78, 5) is 24.8. The van der Waals surface area contributed by atoms with Crippen molar-refractivity contribution in [3.63, 3.8) is 0 Å². The van der Waals surface area contributed by atoms with E-state index in [1.165, 1.54) is 12.8 Å². The lowest BCUT2D eigenvalue weighted by molar-refractivity contribution is -0.119. The molecule has 6 heteroatoms. The zero-order chi connectivity index (χ0) is 15.7. The minimum atomic E-state index is -0.292. The van der Waals surface area contributed by atoms with Crippen LogP contribution in [0.4, 0.5) is 4.79 Å². The third-order valence-electron chi connectivity index (χ3n) is 3.92. The molecule has 1 saturated heterocycles. The number of nitrogens with zero attached hydrogens (tertiary/aromatic N) is 1. The van der Waals surface area contributed by atoms with Gasteiger partial charge in [-0.05, 0) is 26.2 Å². The van der Waals surface area contributed by atoms with Crippen LogP contribution >= 0.6 is 0 Å². The van der Waals surface area contributed by atoms with E-state index in [4.69, 9.17) is 5.73 Å². The van der Waals surface area contributed by atoms with Crippen molar-refractivity contribution in [2.24, 2.45) is 5.73 Å². The predicted octanol–water partition coefficient (Wildman–Crippen LogP) is 1.20. The van der Waals surface area contributed by atoms with Crippen molar-refractivity contribution < 1.29 is 9.59 Å². The van der Waals surface area contributed by atoms with Crippen LogP contribution in [0.3, 0.4) is 0 Å². The number of carbonyl (C=O) groups is 2. The first-order chi connectivity index (χ1) is 10.0. The topological polar surface area (TPSA) is 87.5 Å². The Labute approximate surface area is 127 Å². The van der Waals surface area contributed by atoms with Crippen molar-refractivity contribution in [3.8, 4) is 0 Å². The second-order valence-electron chi connectivity index (χ2n) is 6.03. The summed E-state index contributed by atoms with van der Waals surface area (Å²) < 4.78 is 0. The van der Waals surface area contributed by atoms with E-state index in [0.717, 1.165) is 38.8 Å². The highest BCUT2D eigenvalue weighted by Crippen LogP contribution is 2.10. The van der Waals surface area contributed by atoms with Gasteiger partial charge in [0.05, 0.1) is 6.54 Å². The van der Waals surface area contributed by atoms with Crippen molar-refractivity contribution >= 4 is 11.9 Å². The van der Waals surface area contributed by atoms with Crippen LogP contribution < -0.4 is 16.4 Å². The second-order valence-corrected chi connectivity index (χ2v) is 6.03. The quantitative estimate of drug-likeness (QED) is 0.588. The number of primary amides is 1. The number of rotatable bonds is 8. The molecule has 4 N–H and O–H groups in total. The van der Waals surface area contributed by atoms with Gasteiger partial charge in [-0.15, -0.1) is 0 Å². The van der Waals surface area contributed by atoms with E-state index in [1.807, 2.05) is 11.8 Å². The third-order valence-corrected chi connectivity index (χ3v) is 3.92. The SMILES string of the molecule is CCCCC[C@H](C)NC(=O)NC1CCN(CC(N)=O)CC1. The van der Waals surface area contributed by atoms with E-state index in [-0.39, 0.29) is 24.0 Å². The Balaban J connectivity index is 2.16. The van der Waals surface area contributed by atoms with Crippen LogP contribution in [0.2, 0.25) is 0 Å². The van der Waals surface area contributed by atoms with Gasteiger partial charge in [0.2, 0.25) is 5.91 Å². The number of hydrogen-bond donors (Lipinski definition) is 3. The summed E-state index contributed by atoms with van der Waals surface area (Å²) in [5.74, 6) is -0.292. The Kier molecular flexibility index (Phi) is 8.12. The minimum absolute atomic E-state index is 0.0765. The maximum atomic E-state index is 11.9. The van der Waals surface area contributed by atoms with E-state index >= 15 is 0 Å². The molecule has 1 rings (SSSR count). The van der Waals surface area contributed by atoms with Gasteiger partial charge < -0.3 is 16.4 Å². The first-order valence-electron chi connectivity index (χ1n) is 8.09. The number of unbranched alkanes of at least 4 members (excludes halogenated alkanes) is 2. The molecule has 3 amide bonds. The lowest BCUT2D eigenvalue weighted by atomic mass is 10.1. The average Bonchev–Trinajstić information content (AvgIpc) is 2.40. The first-order valence-corrected chi connectivity index (χ1v) is 8.09. The van der Waals surface area contributed by atoms with Crippen molar-refractivity contribution in [1.82, 2.24) is 15.5 Å². The fraction of sp³-hybridized carbons (Fsp3) is 0.867. The molecule has 0 spiro atoms. The molecule has 1 fully saturated rings. The van der Waals surface area contributed by atoms with Gasteiger partial charge in [-0.1, -0.05) is 26.2 Å². The number of nitrogens with one attached hydrogen (secondary N) is 2. The minimum Gasteiger partial charge on any atom is -0.369 e. The van der Waals surface area contributed by atoms with Crippen molar-refractivity contribution in [1.29, 1.82) is 0 Å². The summed E-state index contributed by atoms with van der Waals surface area (Å²) in [5, 5.41) is 6.01. The van der Waals surface area contributed by atoms with Gasteiger partial charge in [0.1, 0.15) is 0 Å². The molecule has 122 valence electrons. The zero-order valence-corrected chi connectivity index (χ0v) is 13.4. The van der Waals surface area contributed by atoms with Crippen molar-refractivity contribution in [2.45, 2.75) is 64.5 Å². The lowest BCUT2D eigenvalue weighted by Crippen LogP contribution is -2.50. The van der Waals surface area contributed by atoms with Crippen LogP contribution in [0.15, 0.2) is 0 Å². The van der Waals surface area contributed by atoms with E-state index in [2.05, 4.69) is 17.6 Å². The van der Waals surface area contributed by atoms with Crippen molar-refractivity contribution in [3.05, 3.63) is 0 Å². The van der Waals surface area contributed by atoms with Gasteiger partial charge in [0, 0.05) is 25.2 Å². The number of piperidine rings is 1. The number of nitrogens with two attached hydrogens (primary N) is 1. The lowest BCUT2D eigenvalue weighted by Gasteiger charge is -2.31. The number of likely N-dealkylation sites (tertiary alicyclic amines) is 1. The molecule has 1 heterocycles. The van der Waals surface area contributed by atoms with Crippen molar-refractivity contribution in [2.75, 3.05) is 19.6 Å². The Morgan fingerprint density at radius 3 is 2.52 bits per heavy atom. The third kappa shape index (κ3) is 7.90. The monoisotopic (exact) mass is 298 g/mol. The fourth-order valence-corrected chi connectivity index (χ4v) is 2.68. The molecule has 0 aliphatic carbocycles. The molecule has 1 aliphatic heterocycles. The van der Waals surface area contributed by atoms with Gasteiger partial charge in [-0.2, -0.15) is 0 Å². The summed E-state index contributed by atoms with van der Waals surface area (Å²) in [7, 11) is 0. The fourth-order valence-electron chi connectivity index (χ4n) is 2.68. The molecule has 1 aliphatic rings. The molecule has 6 nitrogen and oxygen atoms in total. The second kappa shape index (κ2) is 9.60. The van der Waals surface area contributed by atoms with Crippen LogP contribution in [0, 0.1) is 0 Å². The van der Waals surface area contributed by atoms with Crippen LogP contribution in [-0.4, -0.2) is 48.6 Å². The molecule has 1 atom stereocenters. The normalized spacial score (nSPS) is 18.2. The van der Waals surface area contributed by atoms with E-state index < -0.39 is 0 Å². The van der Waals surface area contributed by atoms with E-state index in [0.29, 0.717) is 6.54 Å². The molecule has 0 aromatic rings. The van der Waals surface area contributed by atoms with Crippen LogP contribution in [0.25, 0.3) is 0 Å². The van der Waals surface area contributed by atoms with Gasteiger partial charge in [0.15, 0.2) is 0 Å². The maximum absolute atomic E-state index is 11.9. The predicted molar refractivity (Wildman–Crippen MR) is 83.9 cm³/mol. The van der Waals surface area contributed by atoms with Gasteiger partial charge in [-0.3, -0.25) is 9.69 Å². The Bertz CT molecular complexity index is 328. The molecule has 21 heavy (non-hydrogen) atoms. The molecule has 0 aromatic heterocycles. The summed E-state index contributed by atoms with van der Waals surface area (Å²) in [6, 6.07) is 0.329. The Morgan fingerprint density at radius 2 is 1.95 bits per heavy atom. The number of hydrogen-bond acceptors (Lipinski definition) is 3. The van der Waals surface area contributed by atoms with Gasteiger partial charge in [0.25, 0.3) is 0 Å². The highest BCUT2D eigenvalue weighted by Gasteiger charge is 2.21. The zero-order valence-electron chi connectivity index (χ0n) is 13.4. The number of amides is 3.